The standard InChI is InChI=1S/C23H32N4O4/c1-17-4-6-18(7-5-17)15-24-23(28)27-11-2-3-20(27)22-25-21(26-31-22)10-14-30-16-19-8-12-29-13-9-19/h4-7,19-20H,2-3,8-16H2,1H3,(H,24,28). The minimum atomic E-state index is -0.164. The van der Waals surface area contributed by atoms with Crippen molar-refractivity contribution in [3.8, 4) is 0 Å². The summed E-state index contributed by atoms with van der Waals surface area (Å²) in [7, 11) is 0. The summed E-state index contributed by atoms with van der Waals surface area (Å²) in [4.78, 5) is 19.1. The number of nitrogens with zero attached hydrogens (tertiary/aromatic N) is 3. The van der Waals surface area contributed by atoms with Gasteiger partial charge in [-0.25, -0.2) is 4.79 Å². The van der Waals surface area contributed by atoms with Gasteiger partial charge in [0.05, 0.1) is 6.61 Å². The molecule has 2 aromatic rings. The van der Waals surface area contributed by atoms with E-state index in [0.717, 1.165) is 51.1 Å². The molecule has 1 N–H and O–H groups in total. The van der Waals surface area contributed by atoms with E-state index in [1.165, 1.54) is 5.56 Å². The summed E-state index contributed by atoms with van der Waals surface area (Å²) in [6, 6.07) is 7.91. The number of carbonyl (C=O) groups excluding carboxylic acids is 1. The van der Waals surface area contributed by atoms with Gasteiger partial charge in [0.15, 0.2) is 5.82 Å². The second-order valence-corrected chi connectivity index (χ2v) is 8.43. The summed E-state index contributed by atoms with van der Waals surface area (Å²) < 4.78 is 16.7. The van der Waals surface area contributed by atoms with Crippen LogP contribution < -0.4 is 5.32 Å². The van der Waals surface area contributed by atoms with Crippen LogP contribution in [0.4, 0.5) is 4.79 Å². The van der Waals surface area contributed by atoms with E-state index in [-0.39, 0.29) is 12.1 Å². The van der Waals surface area contributed by atoms with Crippen LogP contribution in [0.1, 0.15) is 54.6 Å². The zero-order valence-electron chi connectivity index (χ0n) is 18.2. The first-order chi connectivity index (χ1) is 15.2. The van der Waals surface area contributed by atoms with E-state index in [4.69, 9.17) is 14.0 Å². The number of benzene rings is 1. The molecule has 3 heterocycles. The number of hydrogen-bond donors (Lipinski definition) is 1. The molecule has 1 unspecified atom stereocenters. The molecule has 2 amide bonds. The lowest BCUT2D eigenvalue weighted by atomic mass is 10.0. The second kappa shape index (κ2) is 10.7. The number of carbonyl (C=O) groups is 1. The van der Waals surface area contributed by atoms with Gasteiger partial charge in [0.2, 0.25) is 5.89 Å². The lowest BCUT2D eigenvalue weighted by Crippen LogP contribution is -2.39. The molecule has 4 rings (SSSR count). The number of ether oxygens (including phenoxy) is 2. The van der Waals surface area contributed by atoms with Crippen molar-refractivity contribution >= 4 is 6.03 Å². The Labute approximate surface area is 183 Å². The Morgan fingerprint density at radius 1 is 1.23 bits per heavy atom. The van der Waals surface area contributed by atoms with Crippen LogP contribution in [0.5, 0.6) is 0 Å². The van der Waals surface area contributed by atoms with Gasteiger partial charge in [-0.15, -0.1) is 0 Å². The third-order valence-corrected chi connectivity index (χ3v) is 6.01. The molecule has 1 atom stereocenters. The highest BCUT2D eigenvalue weighted by Crippen LogP contribution is 2.30. The van der Waals surface area contributed by atoms with Crippen molar-refractivity contribution in [3.63, 3.8) is 0 Å². The molecule has 8 heteroatoms. The fourth-order valence-corrected chi connectivity index (χ4v) is 4.08. The minimum Gasteiger partial charge on any atom is -0.381 e. The summed E-state index contributed by atoms with van der Waals surface area (Å²) in [6.45, 7) is 6.23. The topological polar surface area (TPSA) is 89.7 Å². The second-order valence-electron chi connectivity index (χ2n) is 8.43. The highest BCUT2D eigenvalue weighted by molar-refractivity contribution is 5.74. The molecule has 0 bridgehead atoms. The zero-order chi connectivity index (χ0) is 21.5. The molecule has 8 nitrogen and oxygen atoms in total. The summed E-state index contributed by atoms with van der Waals surface area (Å²) in [6.07, 6.45) is 4.50. The Morgan fingerprint density at radius 3 is 2.84 bits per heavy atom. The van der Waals surface area contributed by atoms with Gasteiger partial charge in [0, 0.05) is 39.3 Å². The van der Waals surface area contributed by atoms with Crippen molar-refractivity contribution in [2.75, 3.05) is 33.0 Å². The van der Waals surface area contributed by atoms with Crippen molar-refractivity contribution in [2.24, 2.45) is 5.92 Å². The largest absolute Gasteiger partial charge is 0.381 e. The molecule has 1 aromatic carbocycles. The highest BCUT2D eigenvalue weighted by Gasteiger charge is 2.34. The highest BCUT2D eigenvalue weighted by atomic mass is 16.5. The Morgan fingerprint density at radius 2 is 2.03 bits per heavy atom. The number of hydrogen-bond acceptors (Lipinski definition) is 6. The van der Waals surface area contributed by atoms with E-state index in [1.807, 2.05) is 31.2 Å². The van der Waals surface area contributed by atoms with E-state index >= 15 is 0 Å². The molecule has 0 saturated carbocycles. The maximum Gasteiger partial charge on any atom is 0.318 e. The Hall–Kier alpha value is -2.45. The van der Waals surface area contributed by atoms with Crippen LogP contribution in [0.25, 0.3) is 0 Å². The molecule has 1 aromatic heterocycles. The number of urea groups is 1. The van der Waals surface area contributed by atoms with Crippen molar-refractivity contribution in [1.29, 1.82) is 0 Å². The number of nitrogens with one attached hydrogen (secondary N) is 1. The quantitative estimate of drug-likeness (QED) is 0.648. The maximum atomic E-state index is 12.7. The van der Waals surface area contributed by atoms with Gasteiger partial charge < -0.3 is 24.2 Å². The van der Waals surface area contributed by atoms with Gasteiger partial charge in [-0.3, -0.25) is 0 Å². The van der Waals surface area contributed by atoms with Crippen LogP contribution in [0.15, 0.2) is 28.8 Å². The first-order valence-corrected chi connectivity index (χ1v) is 11.3. The Bertz CT molecular complexity index is 832. The average Bonchev–Trinajstić information content (AvgIpc) is 3.46. The molecule has 2 fully saturated rings. The smallest absolute Gasteiger partial charge is 0.318 e. The van der Waals surface area contributed by atoms with E-state index in [2.05, 4.69) is 15.5 Å². The van der Waals surface area contributed by atoms with Crippen molar-refractivity contribution in [3.05, 3.63) is 47.1 Å². The van der Waals surface area contributed by atoms with Crippen molar-refractivity contribution in [2.45, 2.75) is 51.6 Å². The predicted octanol–water partition coefficient (Wildman–Crippen LogP) is 3.41. The van der Waals surface area contributed by atoms with Gasteiger partial charge in [-0.05, 0) is 44.1 Å². The Kier molecular flexibility index (Phi) is 7.53. The van der Waals surface area contributed by atoms with Crippen LogP contribution in [0.2, 0.25) is 0 Å². The van der Waals surface area contributed by atoms with Crippen molar-refractivity contribution < 1.29 is 18.8 Å². The molecular weight excluding hydrogens is 396 g/mol. The third-order valence-electron chi connectivity index (χ3n) is 6.01. The van der Waals surface area contributed by atoms with Crippen molar-refractivity contribution in [1.82, 2.24) is 20.4 Å². The molecule has 168 valence electrons. The molecule has 31 heavy (non-hydrogen) atoms. The molecule has 0 spiro atoms. The summed E-state index contributed by atoms with van der Waals surface area (Å²) in [5.41, 5.74) is 2.28. The summed E-state index contributed by atoms with van der Waals surface area (Å²) in [5, 5.41) is 7.10. The third kappa shape index (κ3) is 6.04. The van der Waals surface area contributed by atoms with Gasteiger partial charge in [0.25, 0.3) is 0 Å². The summed E-state index contributed by atoms with van der Waals surface area (Å²) in [5.74, 6) is 1.73. The fraction of sp³-hybridized carbons (Fsp3) is 0.609. The van der Waals surface area contributed by atoms with Gasteiger partial charge >= 0.3 is 6.03 Å². The summed E-state index contributed by atoms with van der Waals surface area (Å²) >= 11 is 0. The monoisotopic (exact) mass is 428 g/mol. The first-order valence-electron chi connectivity index (χ1n) is 11.3. The number of aryl methyl sites for hydroxylation is 1. The van der Waals surface area contributed by atoms with Gasteiger partial charge in [-0.1, -0.05) is 35.0 Å². The maximum absolute atomic E-state index is 12.7. The Balaban J connectivity index is 1.24. The first kappa shape index (κ1) is 21.8. The number of aromatic nitrogens is 2. The molecular formula is C23H32N4O4. The molecule has 2 aliphatic heterocycles. The fourth-order valence-electron chi connectivity index (χ4n) is 4.08. The normalized spacial score (nSPS) is 19.6. The molecule has 0 radical (unpaired) electrons. The average molecular weight is 429 g/mol. The lowest BCUT2D eigenvalue weighted by Gasteiger charge is -2.22. The van der Waals surface area contributed by atoms with Crippen LogP contribution in [-0.2, 0) is 22.4 Å². The zero-order valence-corrected chi connectivity index (χ0v) is 18.2. The van der Waals surface area contributed by atoms with Gasteiger partial charge in [0.1, 0.15) is 6.04 Å². The van der Waals surface area contributed by atoms with E-state index < -0.39 is 0 Å². The van der Waals surface area contributed by atoms with Gasteiger partial charge in [-0.2, -0.15) is 4.98 Å². The number of amides is 2. The predicted molar refractivity (Wildman–Crippen MR) is 114 cm³/mol. The van der Waals surface area contributed by atoms with E-state index in [9.17, 15) is 4.79 Å². The molecule has 2 aliphatic rings. The van der Waals surface area contributed by atoms with Crippen LogP contribution in [0.3, 0.4) is 0 Å². The number of likely N-dealkylation sites (tertiary alicyclic amines) is 1. The molecule has 0 aliphatic carbocycles. The van der Waals surface area contributed by atoms with Crippen LogP contribution in [0, 0.1) is 12.8 Å². The lowest BCUT2D eigenvalue weighted by molar-refractivity contribution is 0.0211. The molecule has 2 saturated heterocycles. The van der Waals surface area contributed by atoms with E-state index in [1.54, 1.807) is 4.90 Å². The minimum absolute atomic E-state index is 0.0948. The SMILES string of the molecule is Cc1ccc(CNC(=O)N2CCCC2c2nc(CCOCC3CCOCC3)no2)cc1. The number of rotatable bonds is 8. The van der Waals surface area contributed by atoms with Crippen LogP contribution >= 0.6 is 0 Å². The van der Waals surface area contributed by atoms with Crippen LogP contribution in [-0.4, -0.2) is 54.0 Å². The van der Waals surface area contributed by atoms with E-state index in [0.29, 0.717) is 43.8 Å².